The molecule has 0 unspecified atom stereocenters. The number of nitrogens with one attached hydrogen (secondary N) is 2. The lowest BCUT2D eigenvalue weighted by Crippen LogP contribution is -2.33. The molecule has 0 spiro atoms. The maximum absolute atomic E-state index is 10.3. The fraction of sp³-hybridized carbons (Fsp3) is 0. The van der Waals surface area contributed by atoms with Crippen molar-refractivity contribution in [2.45, 2.75) is 0 Å². The van der Waals surface area contributed by atoms with E-state index in [9.17, 15) is 9.59 Å². The highest BCUT2D eigenvalue weighted by molar-refractivity contribution is 6.36. The van der Waals surface area contributed by atoms with E-state index in [1.54, 1.807) is 5.32 Å². The van der Waals surface area contributed by atoms with Gasteiger partial charge in [0.15, 0.2) is 0 Å². The quantitative estimate of drug-likeness (QED) is 0.258. The molecule has 0 aliphatic rings. The van der Waals surface area contributed by atoms with Crippen LogP contribution in [0.4, 0.5) is 0 Å². The molecular formula is C5H6N2O3. The third-order valence-corrected chi connectivity index (χ3v) is 0.647. The highest BCUT2D eigenvalue weighted by atomic mass is 16.4. The number of carbonyl (C=O) groups excluding carboxylic acids is 1. The van der Waals surface area contributed by atoms with Crippen LogP contribution in [0.3, 0.4) is 0 Å². The van der Waals surface area contributed by atoms with Gasteiger partial charge in [0.2, 0.25) is 11.7 Å². The summed E-state index contributed by atoms with van der Waals surface area (Å²) in [6, 6.07) is 0. The van der Waals surface area contributed by atoms with Crippen LogP contribution in [0.1, 0.15) is 0 Å². The topological polar surface area (TPSA) is 90.3 Å². The van der Waals surface area contributed by atoms with Crippen molar-refractivity contribution in [2.75, 3.05) is 0 Å². The summed E-state index contributed by atoms with van der Waals surface area (Å²) in [5.74, 6) is -3.03. The molecular weight excluding hydrogens is 136 g/mol. The fourth-order valence-corrected chi connectivity index (χ4v) is 0.228. The minimum Gasteiger partial charge on any atom is -0.475 e. The zero-order chi connectivity index (χ0) is 8.15. The van der Waals surface area contributed by atoms with Gasteiger partial charge in [-0.25, -0.2) is 4.79 Å². The molecule has 5 nitrogen and oxygen atoms in total. The SMILES string of the molecule is C=CC(=O)NC(=N)C(=O)O. The lowest BCUT2D eigenvalue weighted by Gasteiger charge is -1.95. The number of rotatable bonds is 1. The monoisotopic (exact) mass is 142 g/mol. The first-order chi connectivity index (χ1) is 4.57. The Labute approximate surface area is 56.9 Å². The Morgan fingerprint density at radius 1 is 1.60 bits per heavy atom. The van der Waals surface area contributed by atoms with Gasteiger partial charge >= 0.3 is 5.97 Å². The molecule has 0 radical (unpaired) electrons. The van der Waals surface area contributed by atoms with Crippen LogP contribution in [-0.4, -0.2) is 22.8 Å². The van der Waals surface area contributed by atoms with Gasteiger partial charge < -0.3 is 10.4 Å². The number of amides is 1. The van der Waals surface area contributed by atoms with E-state index >= 15 is 0 Å². The van der Waals surface area contributed by atoms with Crippen LogP contribution in [0.5, 0.6) is 0 Å². The van der Waals surface area contributed by atoms with Crippen LogP contribution in [-0.2, 0) is 9.59 Å². The van der Waals surface area contributed by atoms with Crippen molar-refractivity contribution in [2.24, 2.45) is 0 Å². The van der Waals surface area contributed by atoms with Crippen molar-refractivity contribution in [1.29, 1.82) is 5.41 Å². The first-order valence-corrected chi connectivity index (χ1v) is 2.33. The largest absolute Gasteiger partial charge is 0.475 e. The van der Waals surface area contributed by atoms with Crippen LogP contribution in [0.2, 0.25) is 0 Å². The van der Waals surface area contributed by atoms with Crippen molar-refractivity contribution < 1.29 is 14.7 Å². The number of carboxylic acids is 1. The highest BCUT2D eigenvalue weighted by Gasteiger charge is 2.07. The minimum atomic E-state index is -1.48. The fourth-order valence-electron chi connectivity index (χ4n) is 0.228. The van der Waals surface area contributed by atoms with E-state index < -0.39 is 17.7 Å². The summed E-state index contributed by atoms with van der Waals surface area (Å²) in [4.78, 5) is 20.2. The highest BCUT2D eigenvalue weighted by Crippen LogP contribution is 1.69. The van der Waals surface area contributed by atoms with Crippen LogP contribution in [0, 0.1) is 5.41 Å². The van der Waals surface area contributed by atoms with E-state index in [2.05, 4.69) is 6.58 Å². The summed E-state index contributed by atoms with van der Waals surface area (Å²) in [7, 11) is 0. The van der Waals surface area contributed by atoms with Crippen molar-refractivity contribution in [1.82, 2.24) is 5.32 Å². The first-order valence-electron chi connectivity index (χ1n) is 2.33. The zero-order valence-electron chi connectivity index (χ0n) is 5.05. The lowest BCUT2D eigenvalue weighted by molar-refractivity contribution is -0.130. The molecule has 0 saturated heterocycles. The summed E-state index contributed by atoms with van der Waals surface area (Å²) in [5, 5.41) is 16.4. The molecule has 0 bridgehead atoms. The maximum atomic E-state index is 10.3. The molecule has 0 aromatic carbocycles. The van der Waals surface area contributed by atoms with Crippen molar-refractivity contribution in [3.05, 3.63) is 12.7 Å². The van der Waals surface area contributed by atoms with E-state index in [4.69, 9.17) is 10.5 Å². The van der Waals surface area contributed by atoms with E-state index in [-0.39, 0.29) is 0 Å². The normalized spacial score (nSPS) is 8.00. The van der Waals surface area contributed by atoms with E-state index in [0.717, 1.165) is 6.08 Å². The number of aliphatic carboxylic acids is 1. The minimum absolute atomic E-state index is 0.701. The average Bonchev–Trinajstić information content (AvgIpc) is 1.87. The van der Waals surface area contributed by atoms with E-state index in [1.807, 2.05) is 0 Å². The number of hydrogen-bond donors (Lipinski definition) is 3. The third-order valence-electron chi connectivity index (χ3n) is 0.647. The summed E-state index contributed by atoms with van der Waals surface area (Å²) >= 11 is 0. The lowest BCUT2D eigenvalue weighted by atomic mass is 10.5. The second kappa shape index (κ2) is 3.39. The predicted octanol–water partition coefficient (Wildman–Crippen LogP) is -0.650. The Morgan fingerprint density at radius 3 is 2.40 bits per heavy atom. The molecule has 5 heteroatoms. The molecule has 0 aliphatic carbocycles. The van der Waals surface area contributed by atoms with Gasteiger partial charge in [-0.15, -0.1) is 0 Å². The van der Waals surface area contributed by atoms with Gasteiger partial charge in [0, 0.05) is 0 Å². The Hall–Kier alpha value is -1.65. The maximum Gasteiger partial charge on any atom is 0.371 e. The van der Waals surface area contributed by atoms with Crippen molar-refractivity contribution >= 4 is 17.7 Å². The average molecular weight is 142 g/mol. The number of amidine groups is 1. The zero-order valence-corrected chi connectivity index (χ0v) is 5.05. The van der Waals surface area contributed by atoms with Gasteiger partial charge in [-0.05, 0) is 6.08 Å². The summed E-state index contributed by atoms with van der Waals surface area (Å²) in [6.07, 6.45) is 0.886. The number of hydrogen-bond acceptors (Lipinski definition) is 3. The Morgan fingerprint density at radius 2 is 2.10 bits per heavy atom. The van der Waals surface area contributed by atoms with Gasteiger partial charge in [0.25, 0.3) is 0 Å². The number of carboxylic acid groups (broad SMARTS) is 1. The van der Waals surface area contributed by atoms with Gasteiger partial charge in [-0.2, -0.15) is 0 Å². The molecule has 0 fully saturated rings. The molecule has 1 amide bonds. The Kier molecular flexibility index (Phi) is 2.83. The molecule has 0 aliphatic heterocycles. The second-order valence-electron chi connectivity index (χ2n) is 1.37. The third kappa shape index (κ3) is 2.61. The van der Waals surface area contributed by atoms with E-state index in [0.29, 0.717) is 0 Å². The van der Waals surface area contributed by atoms with Crippen LogP contribution in [0.25, 0.3) is 0 Å². The summed E-state index contributed by atoms with van der Waals surface area (Å²) < 4.78 is 0. The van der Waals surface area contributed by atoms with Gasteiger partial charge in [-0.1, -0.05) is 6.58 Å². The van der Waals surface area contributed by atoms with Gasteiger partial charge in [-0.3, -0.25) is 10.2 Å². The van der Waals surface area contributed by atoms with E-state index in [1.165, 1.54) is 0 Å². The molecule has 0 saturated carbocycles. The molecule has 54 valence electrons. The molecule has 0 aromatic rings. The van der Waals surface area contributed by atoms with Crippen LogP contribution < -0.4 is 5.32 Å². The van der Waals surface area contributed by atoms with Gasteiger partial charge in [0.05, 0.1) is 0 Å². The smallest absolute Gasteiger partial charge is 0.371 e. The molecule has 3 N–H and O–H groups in total. The molecule has 0 heterocycles. The van der Waals surface area contributed by atoms with Crippen LogP contribution in [0.15, 0.2) is 12.7 Å². The van der Waals surface area contributed by atoms with Crippen molar-refractivity contribution in [3.63, 3.8) is 0 Å². The molecule has 0 atom stereocenters. The molecule has 10 heavy (non-hydrogen) atoms. The Bertz CT molecular complexity index is 197. The van der Waals surface area contributed by atoms with Crippen molar-refractivity contribution in [3.8, 4) is 0 Å². The van der Waals surface area contributed by atoms with Crippen LogP contribution >= 0.6 is 0 Å². The second-order valence-corrected chi connectivity index (χ2v) is 1.37. The number of carbonyl (C=O) groups is 2. The molecule has 0 rings (SSSR count). The summed E-state index contributed by atoms with van der Waals surface area (Å²) in [6.45, 7) is 3.07. The first kappa shape index (κ1) is 8.35. The standard InChI is InChI=1S/C5H6N2O3/c1-2-3(8)7-4(6)5(9)10/h2H,1H2,(H,9,10)(H2,6,7,8). The predicted molar refractivity (Wildman–Crippen MR) is 33.7 cm³/mol. The summed E-state index contributed by atoms with van der Waals surface area (Å²) in [5.41, 5.74) is 0. The van der Waals surface area contributed by atoms with Gasteiger partial charge in [0.1, 0.15) is 0 Å². The molecule has 0 aromatic heterocycles. The Balaban J connectivity index is 3.92.